The smallest absolute Gasteiger partial charge is 0.242 e. The highest BCUT2D eigenvalue weighted by Gasteiger charge is 2.36. The van der Waals surface area contributed by atoms with Crippen molar-refractivity contribution >= 4 is 21.4 Å². The van der Waals surface area contributed by atoms with Crippen LogP contribution in [0.25, 0.3) is 0 Å². The first-order chi connectivity index (χ1) is 8.97. The highest BCUT2D eigenvalue weighted by Crippen LogP contribution is 2.38. The molecular weight excluding hydrogens is 262 g/mol. The summed E-state index contributed by atoms with van der Waals surface area (Å²) in [6.45, 7) is 2.16. The van der Waals surface area contributed by atoms with Gasteiger partial charge in [0.25, 0.3) is 0 Å². The Morgan fingerprint density at radius 3 is 2.79 bits per heavy atom. The summed E-state index contributed by atoms with van der Waals surface area (Å²) in [5, 5.41) is 3.31. The molecule has 0 spiro atoms. The molecule has 0 amide bonds. The minimum absolute atomic E-state index is 0.220. The van der Waals surface area contributed by atoms with Crippen LogP contribution in [0.1, 0.15) is 26.2 Å². The minimum atomic E-state index is -3.49. The zero-order chi connectivity index (χ0) is 14.0. The molecule has 6 heteroatoms. The predicted octanol–water partition coefficient (Wildman–Crippen LogP) is 1.78. The van der Waals surface area contributed by atoms with Crippen LogP contribution in [0.5, 0.6) is 0 Å². The van der Waals surface area contributed by atoms with Crippen molar-refractivity contribution in [3.8, 4) is 0 Å². The second-order valence-electron chi connectivity index (χ2n) is 5.00. The van der Waals surface area contributed by atoms with Crippen molar-refractivity contribution in [2.45, 2.75) is 37.1 Å². The fraction of sp³-hybridized carbons (Fsp3) is 0.538. The molecule has 1 aliphatic rings. The first kappa shape index (κ1) is 14.1. The molecule has 5 nitrogen and oxygen atoms in total. The van der Waals surface area contributed by atoms with E-state index in [2.05, 4.69) is 17.0 Å². The van der Waals surface area contributed by atoms with Crippen molar-refractivity contribution in [3.05, 3.63) is 18.2 Å². The maximum atomic E-state index is 12.0. The molecule has 0 radical (unpaired) electrons. The first-order valence-corrected chi connectivity index (χ1v) is 8.06. The topological polar surface area (TPSA) is 84.2 Å². The first-order valence-electron chi connectivity index (χ1n) is 6.57. The van der Waals surface area contributed by atoms with Gasteiger partial charge in [0, 0.05) is 11.7 Å². The van der Waals surface area contributed by atoms with E-state index in [-0.39, 0.29) is 4.90 Å². The molecule has 0 aromatic heterocycles. The molecule has 4 N–H and O–H groups in total. The number of sulfonamides is 1. The highest BCUT2D eigenvalue weighted by molar-refractivity contribution is 7.89. The Kier molecular flexibility index (Phi) is 4.01. The van der Waals surface area contributed by atoms with Crippen LogP contribution in [0.15, 0.2) is 23.1 Å². The van der Waals surface area contributed by atoms with E-state index in [1.54, 1.807) is 12.1 Å². The molecule has 0 bridgehead atoms. The molecule has 0 aliphatic heterocycles. The van der Waals surface area contributed by atoms with E-state index < -0.39 is 10.0 Å². The molecule has 2 atom stereocenters. The molecule has 0 heterocycles. The van der Waals surface area contributed by atoms with Crippen LogP contribution >= 0.6 is 0 Å². The van der Waals surface area contributed by atoms with Gasteiger partial charge in [-0.25, -0.2) is 13.1 Å². The second kappa shape index (κ2) is 5.38. The normalized spacial score (nSPS) is 22.2. The SMILES string of the molecule is CCCC1CC1Nc1ccc(N)cc1S(=O)(=O)NC. The molecule has 1 aromatic rings. The van der Waals surface area contributed by atoms with E-state index in [1.165, 1.54) is 19.5 Å². The van der Waals surface area contributed by atoms with Crippen molar-refractivity contribution in [3.63, 3.8) is 0 Å². The Morgan fingerprint density at radius 1 is 1.42 bits per heavy atom. The van der Waals surface area contributed by atoms with Gasteiger partial charge in [0.15, 0.2) is 0 Å². The fourth-order valence-corrected chi connectivity index (χ4v) is 3.23. The molecular formula is C13H21N3O2S. The van der Waals surface area contributed by atoms with Gasteiger partial charge in [0.1, 0.15) is 4.90 Å². The summed E-state index contributed by atoms with van der Waals surface area (Å²) in [4.78, 5) is 0.220. The largest absolute Gasteiger partial charge is 0.399 e. The van der Waals surface area contributed by atoms with E-state index in [4.69, 9.17) is 5.73 Å². The molecule has 1 fully saturated rings. The maximum Gasteiger partial charge on any atom is 0.242 e. The molecule has 2 unspecified atom stereocenters. The summed E-state index contributed by atoms with van der Waals surface area (Å²) in [5.41, 5.74) is 6.76. The van der Waals surface area contributed by atoms with Crippen LogP contribution in [-0.4, -0.2) is 21.5 Å². The summed E-state index contributed by atoms with van der Waals surface area (Å²) in [7, 11) is -2.09. The Balaban J connectivity index is 2.22. The monoisotopic (exact) mass is 283 g/mol. The summed E-state index contributed by atoms with van der Waals surface area (Å²) in [5.74, 6) is 0.660. The van der Waals surface area contributed by atoms with Crippen LogP contribution in [0.4, 0.5) is 11.4 Å². The molecule has 19 heavy (non-hydrogen) atoms. The van der Waals surface area contributed by atoms with E-state index in [1.807, 2.05) is 0 Å². The third-order valence-corrected chi connectivity index (χ3v) is 4.94. The fourth-order valence-electron chi connectivity index (χ4n) is 2.30. The lowest BCUT2D eigenvalue weighted by Gasteiger charge is -2.13. The lowest BCUT2D eigenvalue weighted by Crippen LogP contribution is -2.21. The van der Waals surface area contributed by atoms with E-state index in [0.717, 1.165) is 12.8 Å². The highest BCUT2D eigenvalue weighted by atomic mass is 32.2. The van der Waals surface area contributed by atoms with Crippen molar-refractivity contribution < 1.29 is 8.42 Å². The summed E-state index contributed by atoms with van der Waals surface area (Å²) < 4.78 is 26.3. The number of nitrogens with one attached hydrogen (secondary N) is 2. The molecule has 2 rings (SSSR count). The van der Waals surface area contributed by atoms with Gasteiger partial charge in [-0.2, -0.15) is 0 Å². The summed E-state index contributed by atoms with van der Waals surface area (Å²) in [6, 6.07) is 5.33. The molecule has 1 aliphatic carbocycles. The van der Waals surface area contributed by atoms with Crippen molar-refractivity contribution in [1.82, 2.24) is 4.72 Å². The maximum absolute atomic E-state index is 12.0. The standard InChI is InChI=1S/C13H21N3O2S/c1-3-4-9-7-12(9)16-11-6-5-10(14)8-13(11)19(17,18)15-2/h5-6,8-9,12,15-16H,3-4,7,14H2,1-2H3. The zero-order valence-electron chi connectivity index (χ0n) is 11.3. The predicted molar refractivity (Wildman–Crippen MR) is 77.5 cm³/mol. The summed E-state index contributed by atoms with van der Waals surface area (Å²) >= 11 is 0. The quantitative estimate of drug-likeness (QED) is 0.695. The summed E-state index contributed by atoms with van der Waals surface area (Å²) in [6.07, 6.45) is 3.45. The van der Waals surface area contributed by atoms with Crippen molar-refractivity contribution in [2.75, 3.05) is 18.1 Å². The van der Waals surface area contributed by atoms with Crippen LogP contribution in [0.2, 0.25) is 0 Å². The minimum Gasteiger partial charge on any atom is -0.399 e. The Morgan fingerprint density at radius 2 is 2.16 bits per heavy atom. The average molecular weight is 283 g/mol. The van der Waals surface area contributed by atoms with Gasteiger partial charge in [-0.3, -0.25) is 0 Å². The molecule has 1 aromatic carbocycles. The van der Waals surface area contributed by atoms with Gasteiger partial charge < -0.3 is 11.1 Å². The third kappa shape index (κ3) is 3.19. The van der Waals surface area contributed by atoms with Gasteiger partial charge in [-0.1, -0.05) is 13.3 Å². The van der Waals surface area contributed by atoms with Gasteiger partial charge in [0.05, 0.1) is 5.69 Å². The number of nitrogens with two attached hydrogens (primary N) is 1. The number of hydrogen-bond donors (Lipinski definition) is 3. The zero-order valence-corrected chi connectivity index (χ0v) is 12.1. The van der Waals surface area contributed by atoms with Crippen molar-refractivity contribution in [1.29, 1.82) is 0 Å². The van der Waals surface area contributed by atoms with Crippen LogP contribution in [0.3, 0.4) is 0 Å². The van der Waals surface area contributed by atoms with E-state index in [9.17, 15) is 8.42 Å². The molecule has 1 saturated carbocycles. The number of anilines is 2. The van der Waals surface area contributed by atoms with Gasteiger partial charge in [-0.15, -0.1) is 0 Å². The van der Waals surface area contributed by atoms with Gasteiger partial charge in [0.2, 0.25) is 10.0 Å². The second-order valence-corrected chi connectivity index (χ2v) is 6.85. The Labute approximate surface area is 114 Å². The van der Waals surface area contributed by atoms with E-state index in [0.29, 0.717) is 23.3 Å². The Hall–Kier alpha value is -1.27. The van der Waals surface area contributed by atoms with Gasteiger partial charge >= 0.3 is 0 Å². The molecule has 0 saturated heterocycles. The van der Waals surface area contributed by atoms with Crippen molar-refractivity contribution in [2.24, 2.45) is 5.92 Å². The van der Waals surface area contributed by atoms with Crippen LogP contribution in [0, 0.1) is 5.92 Å². The number of benzene rings is 1. The molecule has 106 valence electrons. The lowest BCUT2D eigenvalue weighted by atomic mass is 10.2. The van der Waals surface area contributed by atoms with Gasteiger partial charge in [-0.05, 0) is 44.0 Å². The average Bonchev–Trinajstić information content (AvgIpc) is 3.10. The number of hydrogen-bond acceptors (Lipinski definition) is 4. The Bertz CT molecular complexity index is 557. The van der Waals surface area contributed by atoms with Crippen LogP contribution < -0.4 is 15.8 Å². The number of rotatable bonds is 6. The van der Waals surface area contributed by atoms with Crippen LogP contribution in [-0.2, 0) is 10.0 Å². The van der Waals surface area contributed by atoms with E-state index >= 15 is 0 Å². The third-order valence-electron chi connectivity index (χ3n) is 3.49. The number of nitrogen functional groups attached to an aromatic ring is 1. The lowest BCUT2D eigenvalue weighted by molar-refractivity contribution is 0.588.